The smallest absolute Gasteiger partial charge is 0.418 e. The summed E-state index contributed by atoms with van der Waals surface area (Å²) in [6, 6.07) is 6.54. The number of piperazine rings is 1. The van der Waals surface area contributed by atoms with Gasteiger partial charge < -0.3 is 30.2 Å². The van der Waals surface area contributed by atoms with Crippen LogP contribution < -0.4 is 15.4 Å². The Morgan fingerprint density at radius 2 is 1.88 bits per heavy atom. The van der Waals surface area contributed by atoms with Gasteiger partial charge >= 0.3 is 6.18 Å². The van der Waals surface area contributed by atoms with Crippen molar-refractivity contribution in [2.45, 2.75) is 6.18 Å². The summed E-state index contributed by atoms with van der Waals surface area (Å²) in [5.74, 6) is 0.667. The number of alkyl halides is 3. The highest BCUT2D eigenvalue weighted by molar-refractivity contribution is 5.96. The van der Waals surface area contributed by atoms with Crippen LogP contribution in [-0.2, 0) is 6.18 Å². The highest BCUT2D eigenvalue weighted by Gasteiger charge is 2.35. The van der Waals surface area contributed by atoms with Crippen LogP contribution in [0.15, 0.2) is 30.5 Å². The molecule has 1 aliphatic rings. The molecular formula is C22H25F3N6O2. The molecule has 0 saturated carbocycles. The molecule has 0 radical (unpaired) electrons. The topological polar surface area (TPSA) is 85.5 Å². The van der Waals surface area contributed by atoms with Crippen molar-refractivity contribution in [1.29, 1.82) is 0 Å². The van der Waals surface area contributed by atoms with Gasteiger partial charge in [0.25, 0.3) is 5.91 Å². The number of aromatic amines is 1. The molecule has 1 aromatic carbocycles. The predicted octanol–water partition coefficient (Wildman–Crippen LogP) is 3.76. The number of amides is 1. The maximum absolute atomic E-state index is 13.3. The second kappa shape index (κ2) is 8.81. The normalized spacial score (nSPS) is 15.0. The van der Waals surface area contributed by atoms with Gasteiger partial charge in [0.15, 0.2) is 0 Å². The minimum atomic E-state index is -4.50. The van der Waals surface area contributed by atoms with Gasteiger partial charge in [-0.15, -0.1) is 0 Å². The van der Waals surface area contributed by atoms with Crippen LogP contribution in [0, 0.1) is 0 Å². The number of H-pyrrole nitrogens is 1. The number of nitrogens with zero attached hydrogens (tertiary/aromatic N) is 3. The molecule has 1 amide bonds. The van der Waals surface area contributed by atoms with Gasteiger partial charge in [0.05, 0.1) is 23.7 Å². The van der Waals surface area contributed by atoms with Crippen molar-refractivity contribution in [1.82, 2.24) is 19.8 Å². The van der Waals surface area contributed by atoms with Crippen LogP contribution in [0.5, 0.6) is 5.75 Å². The third kappa shape index (κ3) is 4.54. The number of fused-ring (bicyclic) bond motifs is 1. The number of likely N-dealkylation sites (N-methyl/N-ethyl adjacent to an activating group) is 1. The van der Waals surface area contributed by atoms with Crippen molar-refractivity contribution in [2.75, 3.05) is 58.0 Å². The van der Waals surface area contributed by atoms with E-state index in [2.05, 4.69) is 25.5 Å². The molecular weight excluding hydrogens is 437 g/mol. The number of rotatable bonds is 5. The summed E-state index contributed by atoms with van der Waals surface area (Å²) < 4.78 is 45.5. The summed E-state index contributed by atoms with van der Waals surface area (Å²) >= 11 is 0. The van der Waals surface area contributed by atoms with E-state index in [1.165, 1.54) is 13.2 Å². The second-order valence-corrected chi connectivity index (χ2v) is 7.86. The van der Waals surface area contributed by atoms with E-state index in [9.17, 15) is 18.0 Å². The van der Waals surface area contributed by atoms with E-state index in [4.69, 9.17) is 4.74 Å². The van der Waals surface area contributed by atoms with Crippen LogP contribution in [-0.4, -0.2) is 73.1 Å². The molecule has 1 fully saturated rings. The Morgan fingerprint density at radius 1 is 1.15 bits per heavy atom. The van der Waals surface area contributed by atoms with E-state index in [1.54, 1.807) is 30.1 Å². The Hall–Kier alpha value is -3.47. The molecule has 0 unspecified atom stereocenters. The molecule has 176 valence electrons. The standard InChI is InChI=1S/C22H25F3N6O2/c1-26-16-11-18(29-20-19(16)14(12-27-20)22(23,24)25)28-15-5-4-13(10-17(15)33-3)21(32)31-8-6-30(2)7-9-31/h4-5,10-12H,6-9H2,1-3H3,(H3,26,27,28,29). The largest absolute Gasteiger partial charge is 0.495 e. The zero-order valence-corrected chi connectivity index (χ0v) is 18.5. The van der Waals surface area contributed by atoms with Crippen molar-refractivity contribution >= 4 is 34.1 Å². The van der Waals surface area contributed by atoms with E-state index in [0.717, 1.165) is 19.3 Å². The maximum Gasteiger partial charge on any atom is 0.418 e. The Labute approximate surface area is 188 Å². The number of ether oxygens (including phenoxy) is 1. The van der Waals surface area contributed by atoms with Crippen LogP contribution in [0.4, 0.5) is 30.4 Å². The van der Waals surface area contributed by atoms with Crippen molar-refractivity contribution in [2.24, 2.45) is 0 Å². The molecule has 8 nitrogen and oxygen atoms in total. The zero-order chi connectivity index (χ0) is 23.8. The van der Waals surface area contributed by atoms with Crippen LogP contribution in [0.3, 0.4) is 0 Å². The van der Waals surface area contributed by atoms with Crippen molar-refractivity contribution in [3.8, 4) is 5.75 Å². The first-order valence-corrected chi connectivity index (χ1v) is 10.4. The van der Waals surface area contributed by atoms with Gasteiger partial charge in [-0.05, 0) is 25.2 Å². The van der Waals surface area contributed by atoms with Gasteiger partial charge in [-0.3, -0.25) is 4.79 Å². The monoisotopic (exact) mass is 462 g/mol. The van der Waals surface area contributed by atoms with Crippen LogP contribution >= 0.6 is 0 Å². The second-order valence-electron chi connectivity index (χ2n) is 7.86. The molecule has 3 heterocycles. The van der Waals surface area contributed by atoms with Gasteiger partial charge in [0.1, 0.15) is 17.2 Å². The zero-order valence-electron chi connectivity index (χ0n) is 18.5. The number of benzene rings is 1. The lowest BCUT2D eigenvalue weighted by molar-refractivity contribution is -0.136. The third-order valence-corrected chi connectivity index (χ3v) is 5.72. The molecule has 11 heteroatoms. The average molecular weight is 462 g/mol. The van der Waals surface area contributed by atoms with Gasteiger partial charge in [-0.1, -0.05) is 0 Å². The lowest BCUT2D eigenvalue weighted by Gasteiger charge is -2.32. The number of hydrogen-bond acceptors (Lipinski definition) is 6. The third-order valence-electron chi connectivity index (χ3n) is 5.72. The van der Waals surface area contributed by atoms with Crippen molar-refractivity contribution < 1.29 is 22.7 Å². The molecule has 1 saturated heterocycles. The fraction of sp³-hybridized carbons (Fsp3) is 0.364. The van der Waals surface area contributed by atoms with E-state index in [-0.39, 0.29) is 22.6 Å². The molecule has 0 aliphatic carbocycles. The fourth-order valence-corrected chi connectivity index (χ4v) is 3.88. The SMILES string of the molecule is CNc1cc(Nc2ccc(C(=O)N3CCN(C)CC3)cc2OC)nc2[nH]cc(C(F)(F)F)c12. The summed E-state index contributed by atoms with van der Waals surface area (Å²) in [6.07, 6.45) is -3.60. The van der Waals surface area contributed by atoms with Gasteiger partial charge in [-0.25, -0.2) is 4.98 Å². The minimum absolute atomic E-state index is 0.0318. The molecule has 4 rings (SSSR count). The van der Waals surface area contributed by atoms with Crippen LogP contribution in [0.2, 0.25) is 0 Å². The Morgan fingerprint density at radius 3 is 2.52 bits per heavy atom. The number of carbonyl (C=O) groups excluding carboxylic acids is 1. The molecule has 2 aromatic heterocycles. The highest BCUT2D eigenvalue weighted by Crippen LogP contribution is 2.39. The maximum atomic E-state index is 13.3. The summed E-state index contributed by atoms with van der Waals surface area (Å²) in [5, 5.41) is 5.85. The summed E-state index contributed by atoms with van der Waals surface area (Å²) in [6.45, 7) is 2.95. The quantitative estimate of drug-likeness (QED) is 0.536. The molecule has 1 aliphatic heterocycles. The van der Waals surface area contributed by atoms with E-state index >= 15 is 0 Å². The predicted molar refractivity (Wildman–Crippen MR) is 120 cm³/mol. The first-order valence-electron chi connectivity index (χ1n) is 10.4. The molecule has 0 spiro atoms. The number of halogens is 3. The van der Waals surface area contributed by atoms with E-state index < -0.39 is 11.7 Å². The van der Waals surface area contributed by atoms with E-state index in [0.29, 0.717) is 35.9 Å². The Balaban J connectivity index is 1.62. The Kier molecular flexibility index (Phi) is 6.07. The highest BCUT2D eigenvalue weighted by atomic mass is 19.4. The molecule has 3 aromatic rings. The molecule has 33 heavy (non-hydrogen) atoms. The van der Waals surface area contributed by atoms with Gasteiger partial charge in [0.2, 0.25) is 0 Å². The average Bonchev–Trinajstić information content (AvgIpc) is 3.23. The first kappa shape index (κ1) is 22.7. The first-order chi connectivity index (χ1) is 15.7. The number of methoxy groups -OCH3 is 1. The summed E-state index contributed by atoms with van der Waals surface area (Å²) in [7, 11) is 5.05. The molecule has 0 atom stereocenters. The number of carbonyl (C=O) groups is 1. The number of pyridine rings is 1. The summed E-state index contributed by atoms with van der Waals surface area (Å²) in [4.78, 5) is 23.7. The van der Waals surface area contributed by atoms with Crippen molar-refractivity contribution in [3.05, 3.63) is 41.6 Å². The lowest BCUT2D eigenvalue weighted by Crippen LogP contribution is -2.47. The fourth-order valence-electron chi connectivity index (χ4n) is 3.88. The number of anilines is 3. The van der Waals surface area contributed by atoms with Crippen molar-refractivity contribution in [3.63, 3.8) is 0 Å². The van der Waals surface area contributed by atoms with Crippen LogP contribution in [0.25, 0.3) is 11.0 Å². The minimum Gasteiger partial charge on any atom is -0.495 e. The summed E-state index contributed by atoms with van der Waals surface area (Å²) in [5.41, 5.74) is 0.615. The van der Waals surface area contributed by atoms with E-state index in [1.807, 2.05) is 7.05 Å². The number of nitrogens with one attached hydrogen (secondary N) is 3. The van der Waals surface area contributed by atoms with Gasteiger partial charge in [0, 0.05) is 56.7 Å². The van der Waals surface area contributed by atoms with Gasteiger partial charge in [-0.2, -0.15) is 13.2 Å². The number of hydrogen-bond donors (Lipinski definition) is 3. The molecule has 0 bridgehead atoms. The van der Waals surface area contributed by atoms with Crippen LogP contribution in [0.1, 0.15) is 15.9 Å². The Bertz CT molecular complexity index is 1170. The molecule has 3 N–H and O–H groups in total. The lowest BCUT2D eigenvalue weighted by atomic mass is 10.1. The number of aromatic nitrogens is 2.